The summed E-state index contributed by atoms with van der Waals surface area (Å²) < 4.78 is 17.7. The molecular weight excluding hydrogens is 385 g/mol. The molecule has 0 fully saturated rings. The van der Waals surface area contributed by atoms with Gasteiger partial charge >= 0.3 is 0 Å². The van der Waals surface area contributed by atoms with Gasteiger partial charge in [0, 0.05) is 25.6 Å². The number of hydrogen-bond donors (Lipinski definition) is 2. The average molecular weight is 424 g/mol. The number of nitrogens with one attached hydrogen (secondary N) is 2. The van der Waals surface area contributed by atoms with E-state index in [2.05, 4.69) is 34.8 Å². The highest BCUT2D eigenvalue weighted by Crippen LogP contribution is 2.36. The second kappa shape index (κ2) is 11.4. The number of rotatable bonds is 10. The van der Waals surface area contributed by atoms with Crippen molar-refractivity contribution < 1.29 is 14.0 Å². The zero-order chi connectivity index (χ0) is 22.1. The largest absolute Gasteiger partial charge is 0.354 e. The molecule has 1 heterocycles. The number of fused-ring (bicyclic) bond motifs is 1. The highest BCUT2D eigenvalue weighted by Gasteiger charge is 2.45. The van der Waals surface area contributed by atoms with Crippen LogP contribution in [0.2, 0.25) is 0 Å². The van der Waals surface area contributed by atoms with Crippen LogP contribution in [0.3, 0.4) is 0 Å². The second-order valence-electron chi connectivity index (χ2n) is 9.11. The van der Waals surface area contributed by atoms with Crippen LogP contribution in [0.5, 0.6) is 0 Å². The van der Waals surface area contributed by atoms with Crippen molar-refractivity contribution in [3.05, 3.63) is 11.4 Å². The molecule has 0 saturated heterocycles. The molecule has 170 valence electrons. The Morgan fingerprint density at radius 3 is 2.60 bits per heavy atom. The molecule has 1 atom stereocenters. The summed E-state index contributed by atoms with van der Waals surface area (Å²) in [5.41, 5.74) is -1.16. The van der Waals surface area contributed by atoms with Gasteiger partial charge in [0.15, 0.2) is 0 Å². The van der Waals surface area contributed by atoms with Crippen molar-refractivity contribution in [3.63, 3.8) is 0 Å². The van der Waals surface area contributed by atoms with E-state index in [1.807, 2.05) is 13.8 Å². The van der Waals surface area contributed by atoms with Crippen molar-refractivity contribution in [2.75, 3.05) is 6.54 Å². The third-order valence-corrected chi connectivity index (χ3v) is 5.36. The minimum atomic E-state index is -2.12. The Bertz CT molecular complexity index is 704. The molecule has 2 N–H and O–H groups in total. The van der Waals surface area contributed by atoms with Crippen LogP contribution >= 0.6 is 0 Å². The lowest BCUT2D eigenvalue weighted by molar-refractivity contribution is -0.134. The van der Waals surface area contributed by atoms with Crippen molar-refractivity contribution in [2.45, 2.75) is 104 Å². The highest BCUT2D eigenvalue weighted by molar-refractivity contribution is 5.86. The Labute approximate surface area is 179 Å². The lowest BCUT2D eigenvalue weighted by Crippen LogP contribution is -2.43. The molecule has 1 aliphatic carbocycles. The molecule has 0 bridgehead atoms. The molecule has 0 saturated carbocycles. The first-order valence-electron chi connectivity index (χ1n) is 11.4. The number of alkyl halides is 1. The molecule has 1 aromatic heterocycles. The number of halogens is 1. The van der Waals surface area contributed by atoms with Crippen LogP contribution in [0.4, 0.5) is 4.39 Å². The van der Waals surface area contributed by atoms with Crippen LogP contribution in [0.25, 0.3) is 0 Å². The summed E-state index contributed by atoms with van der Waals surface area (Å²) in [7, 11) is 0. The van der Waals surface area contributed by atoms with E-state index in [1.54, 1.807) is 4.68 Å². The van der Waals surface area contributed by atoms with Crippen LogP contribution in [0, 0.1) is 5.92 Å². The minimum Gasteiger partial charge on any atom is -0.354 e. The maximum absolute atomic E-state index is 16.0. The summed E-state index contributed by atoms with van der Waals surface area (Å²) in [4.78, 5) is 24.5. The van der Waals surface area contributed by atoms with Crippen molar-refractivity contribution in [3.8, 4) is 0 Å². The number of nitrogens with zero attached hydrogens (tertiary/aromatic N) is 3. The van der Waals surface area contributed by atoms with Crippen LogP contribution in [-0.2, 0) is 28.2 Å². The highest BCUT2D eigenvalue weighted by atomic mass is 19.1. The molecule has 0 spiro atoms. The van der Waals surface area contributed by atoms with Crippen LogP contribution in [0.15, 0.2) is 0 Å². The third-order valence-electron chi connectivity index (χ3n) is 5.36. The van der Waals surface area contributed by atoms with E-state index in [0.717, 1.165) is 31.4 Å². The fourth-order valence-electron chi connectivity index (χ4n) is 3.88. The number of unbranched alkanes of at least 4 members (excludes halogenated alkanes) is 2. The zero-order valence-corrected chi connectivity index (χ0v) is 19.0. The summed E-state index contributed by atoms with van der Waals surface area (Å²) in [6, 6.07) is 0.143. The number of hydrogen-bond acceptors (Lipinski definition) is 4. The number of carbonyl (C=O) groups is 2. The Morgan fingerprint density at radius 2 is 1.90 bits per heavy atom. The zero-order valence-electron chi connectivity index (χ0n) is 19.0. The quantitative estimate of drug-likeness (QED) is 0.565. The van der Waals surface area contributed by atoms with Gasteiger partial charge in [-0.05, 0) is 58.3 Å². The van der Waals surface area contributed by atoms with Crippen LogP contribution < -0.4 is 10.6 Å². The smallest absolute Gasteiger partial charge is 0.264 e. The summed E-state index contributed by atoms with van der Waals surface area (Å²) in [5, 5.41) is 13.9. The molecule has 7 nitrogen and oxygen atoms in total. The van der Waals surface area contributed by atoms with E-state index >= 15 is 4.39 Å². The average Bonchev–Trinajstić information content (AvgIpc) is 3.03. The van der Waals surface area contributed by atoms with Crippen LogP contribution in [0.1, 0.15) is 90.4 Å². The molecule has 1 unspecified atom stereocenters. The second-order valence-corrected chi connectivity index (χ2v) is 9.11. The van der Waals surface area contributed by atoms with E-state index in [1.165, 1.54) is 0 Å². The normalized spacial score (nSPS) is 19.3. The molecule has 0 aliphatic heterocycles. The molecule has 2 rings (SSSR count). The van der Waals surface area contributed by atoms with Gasteiger partial charge in [-0.3, -0.25) is 9.59 Å². The number of amides is 2. The van der Waals surface area contributed by atoms with Gasteiger partial charge in [0.1, 0.15) is 5.69 Å². The van der Waals surface area contributed by atoms with Gasteiger partial charge in [0.05, 0.1) is 5.69 Å². The lowest BCUT2D eigenvalue weighted by Gasteiger charge is -2.25. The molecule has 1 aliphatic rings. The Kier molecular flexibility index (Phi) is 9.24. The van der Waals surface area contributed by atoms with Crippen molar-refractivity contribution in [2.24, 2.45) is 5.92 Å². The first-order chi connectivity index (χ1) is 14.2. The van der Waals surface area contributed by atoms with E-state index in [0.29, 0.717) is 44.7 Å². The van der Waals surface area contributed by atoms with E-state index in [-0.39, 0.29) is 24.1 Å². The van der Waals surface area contributed by atoms with Crippen molar-refractivity contribution >= 4 is 11.8 Å². The van der Waals surface area contributed by atoms with Gasteiger partial charge in [-0.25, -0.2) is 9.07 Å². The maximum atomic E-state index is 16.0. The van der Waals surface area contributed by atoms with E-state index in [4.69, 9.17) is 0 Å². The number of carbonyl (C=O) groups excluding carboxylic acids is 2. The van der Waals surface area contributed by atoms with Gasteiger partial charge in [0.25, 0.3) is 5.91 Å². The third kappa shape index (κ3) is 6.77. The lowest BCUT2D eigenvalue weighted by atomic mass is 9.88. The fraction of sp³-hybridized carbons (Fsp3) is 0.818. The predicted molar refractivity (Wildman–Crippen MR) is 115 cm³/mol. The summed E-state index contributed by atoms with van der Waals surface area (Å²) in [6.07, 6.45) is 6.10. The molecule has 1 aromatic rings. The molecule has 0 radical (unpaired) electrons. The number of aromatic nitrogens is 3. The topological polar surface area (TPSA) is 88.9 Å². The molecule has 8 heteroatoms. The molecule has 30 heavy (non-hydrogen) atoms. The standard InChI is InChI=1S/C22H38FN5O2/c1-16(2)15-28-18-11-7-5-9-13-22(23,20(18)26-27-28)21(30)24-14-10-6-8-12-19(29)25-17(3)4/h16-17H,5-15H2,1-4H3,(H,24,30)(H,25,29). The monoisotopic (exact) mass is 423 g/mol. The van der Waals surface area contributed by atoms with E-state index < -0.39 is 11.6 Å². The van der Waals surface area contributed by atoms with E-state index in [9.17, 15) is 9.59 Å². The first-order valence-corrected chi connectivity index (χ1v) is 11.4. The Hall–Kier alpha value is -1.99. The summed E-state index contributed by atoms with van der Waals surface area (Å²) in [5.74, 6) is -0.199. The Morgan fingerprint density at radius 1 is 1.13 bits per heavy atom. The van der Waals surface area contributed by atoms with Crippen molar-refractivity contribution in [1.29, 1.82) is 0 Å². The van der Waals surface area contributed by atoms with Gasteiger partial charge in [-0.2, -0.15) is 0 Å². The molecule has 2 amide bonds. The fourth-order valence-corrected chi connectivity index (χ4v) is 3.88. The van der Waals surface area contributed by atoms with Crippen LogP contribution in [-0.4, -0.2) is 39.4 Å². The van der Waals surface area contributed by atoms with Gasteiger partial charge in [-0.1, -0.05) is 31.9 Å². The summed E-state index contributed by atoms with van der Waals surface area (Å²) >= 11 is 0. The molecular formula is C22H38FN5O2. The Balaban J connectivity index is 1.91. The van der Waals surface area contributed by atoms with Gasteiger partial charge in [-0.15, -0.1) is 5.10 Å². The van der Waals surface area contributed by atoms with Gasteiger partial charge < -0.3 is 10.6 Å². The van der Waals surface area contributed by atoms with Gasteiger partial charge in [0.2, 0.25) is 11.6 Å². The first kappa shape index (κ1) is 24.3. The minimum absolute atomic E-state index is 0.0447. The maximum Gasteiger partial charge on any atom is 0.264 e. The summed E-state index contributed by atoms with van der Waals surface area (Å²) in [6.45, 7) is 9.10. The molecule has 0 aromatic carbocycles. The predicted octanol–water partition coefficient (Wildman–Crippen LogP) is 3.42. The SMILES string of the molecule is CC(C)Cn1nnc2c1CCCCCC2(F)C(=O)NCCCCCC(=O)NC(C)C. The van der Waals surface area contributed by atoms with Crippen molar-refractivity contribution in [1.82, 2.24) is 25.6 Å².